The van der Waals surface area contributed by atoms with Crippen molar-refractivity contribution in [2.75, 3.05) is 7.11 Å². The minimum Gasteiger partial charge on any atom is -0.497 e. The van der Waals surface area contributed by atoms with Crippen LogP contribution in [-0.4, -0.2) is 7.11 Å². The summed E-state index contributed by atoms with van der Waals surface area (Å²) >= 11 is 5.34. The van der Waals surface area contributed by atoms with Crippen LogP contribution in [0.15, 0.2) is 34.8 Å². The molecule has 0 radical (unpaired) electrons. The molecule has 0 spiro atoms. The number of hydrogen-bond donors (Lipinski definition) is 2. The van der Waals surface area contributed by atoms with Crippen molar-refractivity contribution in [2.45, 2.75) is 19.4 Å². The fraction of sp³-hybridized carbons (Fsp3) is 0.286. The molecular formula is C14H17BrN2OS. The van der Waals surface area contributed by atoms with E-state index in [-0.39, 0.29) is 6.04 Å². The monoisotopic (exact) mass is 340 g/mol. The van der Waals surface area contributed by atoms with Gasteiger partial charge in [-0.2, -0.15) is 0 Å². The molecule has 3 N–H and O–H groups in total. The number of rotatable bonds is 5. The van der Waals surface area contributed by atoms with E-state index in [0.717, 1.165) is 16.6 Å². The molecule has 1 heterocycles. The van der Waals surface area contributed by atoms with Crippen LogP contribution in [0.25, 0.3) is 0 Å². The largest absolute Gasteiger partial charge is 0.497 e. The number of thiophene rings is 1. The number of nitrogens with one attached hydrogen (secondary N) is 1. The number of ether oxygens (including phenoxy) is 1. The third-order valence-electron chi connectivity index (χ3n) is 2.98. The molecule has 1 atom stereocenters. The minimum absolute atomic E-state index is 0.113. The van der Waals surface area contributed by atoms with Gasteiger partial charge < -0.3 is 4.74 Å². The molecule has 0 aliphatic rings. The van der Waals surface area contributed by atoms with Gasteiger partial charge in [-0.25, -0.2) is 0 Å². The Labute approximate surface area is 125 Å². The first kappa shape index (κ1) is 14.5. The molecule has 0 amide bonds. The fourth-order valence-electron chi connectivity index (χ4n) is 1.94. The van der Waals surface area contributed by atoms with Crippen molar-refractivity contribution in [3.05, 3.63) is 50.1 Å². The van der Waals surface area contributed by atoms with Crippen LogP contribution in [0.4, 0.5) is 0 Å². The molecule has 5 heteroatoms. The fourth-order valence-corrected chi connectivity index (χ4v) is 3.28. The van der Waals surface area contributed by atoms with Crippen LogP contribution in [0.2, 0.25) is 0 Å². The van der Waals surface area contributed by atoms with Gasteiger partial charge in [-0.15, -0.1) is 11.3 Å². The summed E-state index contributed by atoms with van der Waals surface area (Å²) in [7, 11) is 1.67. The van der Waals surface area contributed by atoms with Crippen molar-refractivity contribution >= 4 is 27.3 Å². The molecule has 1 unspecified atom stereocenters. The van der Waals surface area contributed by atoms with E-state index in [1.165, 1.54) is 15.3 Å². The Hall–Kier alpha value is -0.880. The Morgan fingerprint density at radius 1 is 1.37 bits per heavy atom. The van der Waals surface area contributed by atoms with Gasteiger partial charge in [0.2, 0.25) is 0 Å². The average molecular weight is 341 g/mol. The first-order valence-electron chi connectivity index (χ1n) is 5.99. The van der Waals surface area contributed by atoms with Crippen molar-refractivity contribution in [3.63, 3.8) is 0 Å². The first-order valence-corrected chi connectivity index (χ1v) is 7.60. The predicted molar refractivity (Wildman–Crippen MR) is 83.5 cm³/mol. The maximum Gasteiger partial charge on any atom is 0.119 e. The summed E-state index contributed by atoms with van der Waals surface area (Å²) < 4.78 is 6.34. The van der Waals surface area contributed by atoms with E-state index in [1.54, 1.807) is 18.4 Å². The van der Waals surface area contributed by atoms with Gasteiger partial charge in [-0.05, 0) is 49.2 Å². The Morgan fingerprint density at radius 3 is 2.74 bits per heavy atom. The van der Waals surface area contributed by atoms with Crippen LogP contribution >= 0.6 is 27.3 Å². The molecular weight excluding hydrogens is 324 g/mol. The average Bonchev–Trinajstić information content (AvgIpc) is 2.84. The summed E-state index contributed by atoms with van der Waals surface area (Å²) in [6.07, 6.45) is 0.814. The molecule has 0 fully saturated rings. The Kier molecular flexibility index (Phi) is 4.99. The normalized spacial score (nSPS) is 12.4. The summed E-state index contributed by atoms with van der Waals surface area (Å²) in [5.41, 5.74) is 4.07. The molecule has 1 aromatic carbocycles. The van der Waals surface area contributed by atoms with Gasteiger partial charge in [0, 0.05) is 14.2 Å². The molecule has 1 aromatic heterocycles. The highest BCUT2D eigenvalue weighted by molar-refractivity contribution is 9.10. The van der Waals surface area contributed by atoms with E-state index < -0.39 is 0 Å². The third kappa shape index (κ3) is 3.57. The van der Waals surface area contributed by atoms with E-state index in [4.69, 9.17) is 10.6 Å². The Morgan fingerprint density at radius 2 is 2.16 bits per heavy atom. The van der Waals surface area contributed by atoms with Crippen LogP contribution in [0.3, 0.4) is 0 Å². The molecule has 0 aliphatic carbocycles. The van der Waals surface area contributed by atoms with Crippen LogP contribution in [0.5, 0.6) is 5.75 Å². The van der Waals surface area contributed by atoms with Gasteiger partial charge in [0.25, 0.3) is 0 Å². The number of hydrazine groups is 1. The van der Waals surface area contributed by atoms with Crippen molar-refractivity contribution in [2.24, 2.45) is 5.84 Å². The highest BCUT2D eigenvalue weighted by Crippen LogP contribution is 2.29. The lowest BCUT2D eigenvalue weighted by Gasteiger charge is -2.16. The standard InChI is InChI=1S/C14H17BrN2OS/c1-9-3-6-14(19-9)13(17-16)8-10-7-11(18-2)4-5-12(10)15/h3-7,13,17H,8,16H2,1-2H3. The maximum absolute atomic E-state index is 5.69. The van der Waals surface area contributed by atoms with Crippen LogP contribution in [0.1, 0.15) is 21.4 Å². The van der Waals surface area contributed by atoms with Crippen molar-refractivity contribution in [1.29, 1.82) is 0 Å². The number of benzene rings is 1. The van der Waals surface area contributed by atoms with Crippen molar-refractivity contribution in [3.8, 4) is 5.75 Å². The van der Waals surface area contributed by atoms with Crippen LogP contribution in [0, 0.1) is 6.92 Å². The predicted octanol–water partition coefficient (Wildman–Crippen LogP) is 3.57. The smallest absolute Gasteiger partial charge is 0.119 e. The van der Waals surface area contributed by atoms with Crippen LogP contribution < -0.4 is 16.0 Å². The van der Waals surface area contributed by atoms with E-state index in [9.17, 15) is 0 Å². The second kappa shape index (κ2) is 6.52. The molecule has 0 saturated carbocycles. The van der Waals surface area contributed by atoms with E-state index in [0.29, 0.717) is 0 Å². The number of hydrogen-bond acceptors (Lipinski definition) is 4. The van der Waals surface area contributed by atoms with Crippen LogP contribution in [-0.2, 0) is 6.42 Å². The third-order valence-corrected chi connectivity index (χ3v) is 4.87. The summed E-state index contributed by atoms with van der Waals surface area (Å²) in [5, 5.41) is 0. The lowest BCUT2D eigenvalue weighted by atomic mass is 10.0. The van der Waals surface area contributed by atoms with Crippen molar-refractivity contribution in [1.82, 2.24) is 5.43 Å². The van der Waals surface area contributed by atoms with E-state index in [2.05, 4.69) is 40.4 Å². The number of halogens is 1. The molecule has 2 aromatic rings. The van der Waals surface area contributed by atoms with E-state index in [1.807, 2.05) is 18.2 Å². The molecule has 19 heavy (non-hydrogen) atoms. The zero-order valence-corrected chi connectivity index (χ0v) is 13.3. The molecule has 0 saturated heterocycles. The van der Waals surface area contributed by atoms with E-state index >= 15 is 0 Å². The zero-order chi connectivity index (χ0) is 13.8. The SMILES string of the molecule is COc1ccc(Br)c(CC(NN)c2ccc(C)s2)c1. The van der Waals surface area contributed by atoms with Gasteiger partial charge >= 0.3 is 0 Å². The molecule has 0 bridgehead atoms. The Balaban J connectivity index is 2.23. The van der Waals surface area contributed by atoms with Gasteiger partial charge in [-0.3, -0.25) is 11.3 Å². The highest BCUT2D eigenvalue weighted by atomic mass is 79.9. The number of nitrogens with two attached hydrogens (primary N) is 1. The molecule has 2 rings (SSSR count). The van der Waals surface area contributed by atoms with Gasteiger partial charge in [0.15, 0.2) is 0 Å². The lowest BCUT2D eigenvalue weighted by Crippen LogP contribution is -2.29. The Bertz CT molecular complexity index is 556. The quantitative estimate of drug-likeness (QED) is 0.646. The minimum atomic E-state index is 0.113. The highest BCUT2D eigenvalue weighted by Gasteiger charge is 2.14. The van der Waals surface area contributed by atoms with Gasteiger partial charge in [0.05, 0.1) is 13.2 Å². The number of methoxy groups -OCH3 is 1. The van der Waals surface area contributed by atoms with Gasteiger partial charge in [-0.1, -0.05) is 15.9 Å². The zero-order valence-electron chi connectivity index (χ0n) is 10.9. The van der Waals surface area contributed by atoms with Gasteiger partial charge in [0.1, 0.15) is 5.75 Å². The maximum atomic E-state index is 5.69. The summed E-state index contributed by atoms with van der Waals surface area (Å²) in [6, 6.07) is 10.3. The molecule has 0 aliphatic heterocycles. The lowest BCUT2D eigenvalue weighted by molar-refractivity contribution is 0.413. The number of aryl methyl sites for hydroxylation is 1. The molecule has 3 nitrogen and oxygen atoms in total. The molecule has 102 valence electrons. The summed E-state index contributed by atoms with van der Waals surface area (Å²) in [5.74, 6) is 6.55. The first-order chi connectivity index (χ1) is 9.13. The summed E-state index contributed by atoms with van der Waals surface area (Å²) in [4.78, 5) is 2.54. The summed E-state index contributed by atoms with van der Waals surface area (Å²) in [6.45, 7) is 2.10. The second-order valence-electron chi connectivity index (χ2n) is 4.33. The topological polar surface area (TPSA) is 47.3 Å². The second-order valence-corrected chi connectivity index (χ2v) is 6.50. The van der Waals surface area contributed by atoms with Crippen molar-refractivity contribution < 1.29 is 4.74 Å².